The van der Waals surface area contributed by atoms with E-state index in [1.54, 1.807) is 11.8 Å². The van der Waals surface area contributed by atoms with Gasteiger partial charge in [0.1, 0.15) is 0 Å². The number of carbonyl (C=O) groups is 1. The largest absolute Gasteiger partial charge is 0.411 e. The number of benzene rings is 2. The molecule has 5 nitrogen and oxygen atoms in total. The highest BCUT2D eigenvalue weighted by molar-refractivity contribution is 7.99. The minimum atomic E-state index is -0.0426. The van der Waals surface area contributed by atoms with Crippen LogP contribution >= 0.6 is 23.5 Å². The van der Waals surface area contributed by atoms with Crippen molar-refractivity contribution in [2.45, 2.75) is 17.0 Å². The molecular weight excluding hydrogens is 366 g/mol. The lowest BCUT2D eigenvalue weighted by Crippen LogP contribution is -2.27. The molecule has 0 fully saturated rings. The van der Waals surface area contributed by atoms with Gasteiger partial charge < -0.3 is 9.73 Å². The van der Waals surface area contributed by atoms with Crippen LogP contribution in [0.5, 0.6) is 0 Å². The number of nitrogens with zero attached hydrogens (tertiary/aromatic N) is 2. The van der Waals surface area contributed by atoms with E-state index in [0.29, 0.717) is 17.7 Å². The molecule has 1 amide bonds. The first kappa shape index (κ1) is 18.5. The summed E-state index contributed by atoms with van der Waals surface area (Å²) in [5.41, 5.74) is 2.01. The number of hydrogen-bond donors (Lipinski definition) is 1. The second-order valence-corrected chi connectivity index (χ2v) is 7.64. The van der Waals surface area contributed by atoms with Crippen LogP contribution in [-0.4, -0.2) is 34.2 Å². The summed E-state index contributed by atoms with van der Waals surface area (Å²) in [5, 5.41) is 11.3. The van der Waals surface area contributed by atoms with Gasteiger partial charge in [-0.3, -0.25) is 4.79 Å². The van der Waals surface area contributed by atoms with Crippen molar-refractivity contribution in [2.24, 2.45) is 0 Å². The van der Waals surface area contributed by atoms with Crippen LogP contribution in [0.15, 0.2) is 69.1 Å². The van der Waals surface area contributed by atoms with Crippen molar-refractivity contribution >= 4 is 29.4 Å². The molecule has 2 aromatic carbocycles. The molecule has 134 valence electrons. The van der Waals surface area contributed by atoms with Crippen molar-refractivity contribution in [1.82, 2.24) is 15.5 Å². The van der Waals surface area contributed by atoms with Crippen LogP contribution in [0.4, 0.5) is 0 Å². The summed E-state index contributed by atoms with van der Waals surface area (Å²) in [6.45, 7) is 2.63. The van der Waals surface area contributed by atoms with Gasteiger partial charge in [-0.1, -0.05) is 47.7 Å². The van der Waals surface area contributed by atoms with Crippen molar-refractivity contribution in [2.75, 3.05) is 18.1 Å². The molecule has 0 radical (unpaired) electrons. The van der Waals surface area contributed by atoms with E-state index in [4.69, 9.17) is 4.42 Å². The van der Waals surface area contributed by atoms with Gasteiger partial charge in [-0.15, -0.1) is 22.0 Å². The molecule has 7 heteroatoms. The SMILES string of the molecule is Cc1cccc(-c2nnc(SCC(=O)NCCSc3ccccc3)o2)c1. The zero-order chi connectivity index (χ0) is 18.2. The van der Waals surface area contributed by atoms with Crippen LogP contribution in [-0.2, 0) is 4.79 Å². The predicted octanol–water partition coefficient (Wildman–Crippen LogP) is 4.05. The lowest BCUT2D eigenvalue weighted by molar-refractivity contribution is -0.118. The molecule has 3 rings (SSSR count). The molecule has 0 aliphatic heterocycles. The number of amides is 1. The van der Waals surface area contributed by atoms with Gasteiger partial charge in [-0.25, -0.2) is 0 Å². The van der Waals surface area contributed by atoms with Crippen LogP contribution in [0.25, 0.3) is 11.5 Å². The van der Waals surface area contributed by atoms with Crippen molar-refractivity contribution in [1.29, 1.82) is 0 Å². The van der Waals surface area contributed by atoms with Crippen molar-refractivity contribution in [3.8, 4) is 11.5 Å². The summed E-state index contributed by atoms with van der Waals surface area (Å²) in [4.78, 5) is 13.1. The van der Waals surface area contributed by atoms with Crippen LogP contribution in [0.1, 0.15) is 5.56 Å². The average Bonchev–Trinajstić information content (AvgIpc) is 3.14. The Hall–Kier alpha value is -2.25. The van der Waals surface area contributed by atoms with Crippen molar-refractivity contribution in [3.05, 3.63) is 60.2 Å². The highest BCUT2D eigenvalue weighted by Crippen LogP contribution is 2.23. The van der Waals surface area contributed by atoms with E-state index in [-0.39, 0.29) is 11.7 Å². The Kier molecular flexibility index (Phi) is 6.74. The maximum absolute atomic E-state index is 11.9. The highest BCUT2D eigenvalue weighted by Gasteiger charge is 2.11. The van der Waals surface area contributed by atoms with Crippen LogP contribution in [0, 0.1) is 6.92 Å². The Balaban J connectivity index is 1.39. The summed E-state index contributed by atoms with van der Waals surface area (Å²) in [7, 11) is 0. The van der Waals surface area contributed by atoms with Gasteiger partial charge in [0.2, 0.25) is 11.8 Å². The molecule has 3 aromatic rings. The fraction of sp³-hybridized carbons (Fsp3) is 0.211. The second kappa shape index (κ2) is 9.45. The average molecular weight is 386 g/mol. The summed E-state index contributed by atoms with van der Waals surface area (Å²) < 4.78 is 5.62. The number of thioether (sulfide) groups is 2. The molecule has 0 bridgehead atoms. The first-order chi connectivity index (χ1) is 12.7. The van der Waals surface area contributed by atoms with Crippen LogP contribution in [0.2, 0.25) is 0 Å². The second-order valence-electron chi connectivity index (χ2n) is 5.54. The van der Waals surface area contributed by atoms with Crippen LogP contribution < -0.4 is 5.32 Å². The molecule has 0 aliphatic carbocycles. The lowest BCUT2D eigenvalue weighted by atomic mass is 10.1. The van der Waals surface area contributed by atoms with Crippen molar-refractivity contribution in [3.63, 3.8) is 0 Å². The van der Waals surface area contributed by atoms with E-state index < -0.39 is 0 Å². The predicted molar refractivity (Wildman–Crippen MR) is 105 cm³/mol. The maximum atomic E-state index is 11.9. The Morgan fingerprint density at radius 3 is 2.73 bits per heavy atom. The first-order valence-electron chi connectivity index (χ1n) is 8.18. The van der Waals surface area contributed by atoms with Gasteiger partial charge in [0.25, 0.3) is 5.22 Å². The van der Waals surface area contributed by atoms with E-state index in [1.807, 2.05) is 49.4 Å². The number of aromatic nitrogens is 2. The number of nitrogens with one attached hydrogen (secondary N) is 1. The molecule has 0 saturated carbocycles. The summed E-state index contributed by atoms with van der Waals surface area (Å²) in [6, 6.07) is 18.0. The Morgan fingerprint density at radius 2 is 1.92 bits per heavy atom. The van der Waals surface area contributed by atoms with E-state index in [1.165, 1.54) is 16.7 Å². The minimum Gasteiger partial charge on any atom is -0.411 e. The van der Waals surface area contributed by atoms with Crippen LogP contribution in [0.3, 0.4) is 0 Å². The van der Waals surface area contributed by atoms with Gasteiger partial charge in [-0.05, 0) is 31.2 Å². The third kappa shape index (κ3) is 5.64. The summed E-state index contributed by atoms with van der Waals surface area (Å²) >= 11 is 2.96. The number of hydrogen-bond acceptors (Lipinski definition) is 6. The Labute approximate surface area is 161 Å². The van der Waals surface area contributed by atoms with E-state index >= 15 is 0 Å². The van der Waals surface area contributed by atoms with E-state index in [0.717, 1.165) is 16.9 Å². The van der Waals surface area contributed by atoms with E-state index in [2.05, 4.69) is 27.6 Å². The molecule has 1 N–H and O–H groups in total. The molecule has 1 heterocycles. The summed E-state index contributed by atoms with van der Waals surface area (Å²) in [6.07, 6.45) is 0. The smallest absolute Gasteiger partial charge is 0.277 e. The van der Waals surface area contributed by atoms with Crippen molar-refractivity contribution < 1.29 is 9.21 Å². The van der Waals surface area contributed by atoms with Gasteiger partial charge >= 0.3 is 0 Å². The third-order valence-electron chi connectivity index (χ3n) is 3.43. The van der Waals surface area contributed by atoms with Gasteiger partial charge in [0.15, 0.2) is 0 Å². The number of rotatable bonds is 8. The van der Waals surface area contributed by atoms with Gasteiger partial charge in [-0.2, -0.15) is 0 Å². The molecular formula is C19H19N3O2S2. The quantitative estimate of drug-likeness (QED) is 0.466. The topological polar surface area (TPSA) is 68.0 Å². The molecule has 0 aliphatic rings. The Morgan fingerprint density at radius 1 is 1.08 bits per heavy atom. The zero-order valence-corrected chi connectivity index (χ0v) is 16.0. The van der Waals surface area contributed by atoms with E-state index in [9.17, 15) is 4.79 Å². The fourth-order valence-electron chi connectivity index (χ4n) is 2.22. The fourth-order valence-corrected chi connectivity index (χ4v) is 3.60. The molecule has 0 unspecified atom stereocenters. The normalized spacial score (nSPS) is 10.7. The number of carbonyl (C=O) groups excluding carboxylic acids is 1. The number of aryl methyl sites for hydroxylation is 1. The maximum Gasteiger partial charge on any atom is 0.277 e. The molecule has 26 heavy (non-hydrogen) atoms. The molecule has 0 atom stereocenters. The lowest BCUT2D eigenvalue weighted by Gasteiger charge is -2.04. The standard InChI is InChI=1S/C19H19N3O2S2/c1-14-6-5-7-15(12-14)18-21-22-19(24-18)26-13-17(23)20-10-11-25-16-8-3-2-4-9-16/h2-9,12H,10-11,13H2,1H3,(H,20,23). The minimum absolute atomic E-state index is 0.0426. The molecule has 0 saturated heterocycles. The highest BCUT2D eigenvalue weighted by atomic mass is 32.2. The zero-order valence-electron chi connectivity index (χ0n) is 14.3. The monoisotopic (exact) mass is 385 g/mol. The molecule has 0 spiro atoms. The Bertz CT molecular complexity index is 853. The molecule has 1 aromatic heterocycles. The van der Waals surface area contributed by atoms with Gasteiger partial charge in [0, 0.05) is 22.8 Å². The third-order valence-corrected chi connectivity index (χ3v) is 5.27. The van der Waals surface area contributed by atoms with Gasteiger partial charge in [0.05, 0.1) is 5.75 Å². The first-order valence-corrected chi connectivity index (χ1v) is 10.2. The summed E-state index contributed by atoms with van der Waals surface area (Å²) in [5.74, 6) is 1.51.